The van der Waals surface area contributed by atoms with Crippen molar-refractivity contribution in [2.75, 3.05) is 42.9 Å². The minimum Gasteiger partial charge on any atom is -0.455 e. The number of pyridine rings is 1. The predicted molar refractivity (Wildman–Crippen MR) is 117 cm³/mol. The molecule has 0 aliphatic heterocycles. The summed E-state index contributed by atoms with van der Waals surface area (Å²) in [6.45, 7) is 3.76. The van der Waals surface area contributed by atoms with Crippen molar-refractivity contribution in [1.82, 2.24) is 15.6 Å². The molecule has 9 N–H and O–H groups in total. The number of nitrogens with two attached hydrogens (primary N) is 3. The van der Waals surface area contributed by atoms with E-state index >= 15 is 0 Å². The average Bonchev–Trinajstić information content (AvgIpc) is 2.66. The number of rotatable bonds is 7. The molecule has 0 saturated carbocycles. The van der Waals surface area contributed by atoms with Crippen LogP contribution in [-0.2, 0) is 9.53 Å². The van der Waals surface area contributed by atoms with Gasteiger partial charge in [-0.15, -0.1) is 0 Å². The van der Waals surface area contributed by atoms with E-state index in [0.717, 1.165) is 0 Å². The van der Waals surface area contributed by atoms with E-state index in [1.165, 1.54) is 0 Å². The molecule has 30 heavy (non-hydrogen) atoms. The molecule has 164 valence electrons. The largest absolute Gasteiger partial charge is 0.455 e. The van der Waals surface area contributed by atoms with Crippen molar-refractivity contribution in [1.29, 1.82) is 0 Å². The Balaban J connectivity index is 0.000000303. The van der Waals surface area contributed by atoms with Gasteiger partial charge in [0.25, 0.3) is 0 Å². The first kappa shape index (κ1) is 24.3. The quantitative estimate of drug-likeness (QED) is 0.283. The van der Waals surface area contributed by atoms with E-state index in [4.69, 9.17) is 26.7 Å². The first-order valence-corrected chi connectivity index (χ1v) is 9.10. The summed E-state index contributed by atoms with van der Waals surface area (Å²) >= 11 is 0. The third-order valence-corrected chi connectivity index (χ3v) is 3.29. The van der Waals surface area contributed by atoms with Crippen LogP contribution >= 0.6 is 0 Å². The molecule has 11 heteroatoms. The fourth-order valence-corrected chi connectivity index (χ4v) is 1.94. The third kappa shape index (κ3) is 9.46. The zero-order valence-corrected chi connectivity index (χ0v) is 17.3. The van der Waals surface area contributed by atoms with Gasteiger partial charge in [-0.2, -0.15) is 0 Å². The Morgan fingerprint density at radius 1 is 1.07 bits per heavy atom. The molecule has 0 spiro atoms. The summed E-state index contributed by atoms with van der Waals surface area (Å²) in [5.41, 5.74) is 17.5. The number of benzene rings is 1. The molecule has 0 bridgehead atoms. The molecule has 0 fully saturated rings. The van der Waals surface area contributed by atoms with E-state index in [2.05, 4.69) is 20.9 Å². The number of nitrogens with zero attached hydrogens (tertiary/aromatic N) is 1. The number of nitrogen functional groups attached to an aromatic ring is 3. The van der Waals surface area contributed by atoms with Gasteiger partial charge in [-0.25, -0.2) is 9.78 Å². The molecule has 1 aromatic carbocycles. The fraction of sp³-hybridized carbons (Fsp3) is 0.316. The number of carbonyl (C=O) groups excluding carboxylic acids is 2. The molecule has 2 amide bonds. The number of anilines is 4. The van der Waals surface area contributed by atoms with Crippen LogP contribution in [0.2, 0.25) is 0 Å². The Hall–Kier alpha value is -3.73. The lowest BCUT2D eigenvalue weighted by Crippen LogP contribution is -2.31. The zero-order chi connectivity index (χ0) is 22.5. The topological polar surface area (TPSA) is 180 Å². The van der Waals surface area contributed by atoms with Gasteiger partial charge in [-0.05, 0) is 45.2 Å². The number of nitrogens with one attached hydrogen (secondary N) is 3. The van der Waals surface area contributed by atoms with Crippen molar-refractivity contribution < 1.29 is 19.1 Å². The Morgan fingerprint density at radius 2 is 1.77 bits per heavy atom. The number of hydrogen-bond donors (Lipinski definition) is 6. The van der Waals surface area contributed by atoms with Crippen molar-refractivity contribution in [2.45, 2.75) is 19.9 Å². The van der Waals surface area contributed by atoms with Crippen LogP contribution in [0.1, 0.15) is 13.8 Å². The molecule has 2 aromatic rings. The molecule has 0 aliphatic carbocycles. The first-order valence-electron chi connectivity index (χ1n) is 9.10. The normalized spacial score (nSPS) is 9.87. The smallest absolute Gasteiger partial charge is 0.410 e. The summed E-state index contributed by atoms with van der Waals surface area (Å²) in [5, 5.41) is 7.85. The molecule has 0 atom stereocenters. The second kappa shape index (κ2) is 12.7. The molecular weight excluding hydrogens is 390 g/mol. The third-order valence-electron chi connectivity index (χ3n) is 3.29. The SMILES string of the molecule is CC(C)NC(=O)OCOc1ccccc1N.CNCC(=O)Nc1ccc(N)c(N)n1. The van der Waals surface area contributed by atoms with Crippen LogP contribution in [-0.4, -0.2) is 43.4 Å². The molecule has 1 heterocycles. The van der Waals surface area contributed by atoms with E-state index in [0.29, 0.717) is 22.9 Å². The Morgan fingerprint density at radius 3 is 2.37 bits per heavy atom. The van der Waals surface area contributed by atoms with Crippen molar-refractivity contribution in [3.05, 3.63) is 36.4 Å². The summed E-state index contributed by atoms with van der Waals surface area (Å²) in [5.74, 6) is 0.938. The lowest BCUT2D eigenvalue weighted by atomic mass is 10.3. The number of aromatic nitrogens is 1. The van der Waals surface area contributed by atoms with Gasteiger partial charge in [-0.3, -0.25) is 4.79 Å². The maximum atomic E-state index is 11.1. The highest BCUT2D eigenvalue weighted by Gasteiger charge is 2.05. The average molecular weight is 419 g/mol. The van der Waals surface area contributed by atoms with Gasteiger partial charge >= 0.3 is 6.09 Å². The van der Waals surface area contributed by atoms with Crippen LogP contribution < -0.4 is 37.9 Å². The molecule has 1 aromatic heterocycles. The lowest BCUT2D eigenvalue weighted by molar-refractivity contribution is -0.115. The van der Waals surface area contributed by atoms with Gasteiger partial charge in [0.1, 0.15) is 17.4 Å². The second-order valence-electron chi connectivity index (χ2n) is 6.28. The first-order chi connectivity index (χ1) is 14.2. The van der Waals surface area contributed by atoms with Crippen molar-refractivity contribution >= 4 is 35.0 Å². The molecule has 2 rings (SSSR count). The van der Waals surface area contributed by atoms with Gasteiger partial charge in [0.2, 0.25) is 12.7 Å². The van der Waals surface area contributed by atoms with Crippen LogP contribution in [0.5, 0.6) is 5.75 Å². The molecule has 0 radical (unpaired) electrons. The number of alkyl carbamates (subject to hydrolysis) is 1. The van der Waals surface area contributed by atoms with Gasteiger partial charge in [0, 0.05) is 6.04 Å². The predicted octanol–water partition coefficient (Wildman–Crippen LogP) is 1.14. The standard InChI is InChI=1S/C11H16N2O3.C8H13N5O/c1-8(2)13-11(14)16-7-15-10-6-4-3-5-9(10)12;1-11-4-7(14)12-6-3-2-5(9)8(10)13-6/h3-6,8H,7,12H2,1-2H3,(H,13,14);2-3,11H,4,9H2,1H3,(H3,10,12,13,14). The van der Waals surface area contributed by atoms with Crippen molar-refractivity contribution in [3.8, 4) is 5.75 Å². The zero-order valence-electron chi connectivity index (χ0n) is 17.3. The van der Waals surface area contributed by atoms with Gasteiger partial charge in [0.15, 0.2) is 0 Å². The summed E-state index contributed by atoms with van der Waals surface area (Å²) in [4.78, 5) is 26.1. The second-order valence-corrected chi connectivity index (χ2v) is 6.28. The fourth-order valence-electron chi connectivity index (χ4n) is 1.94. The lowest BCUT2D eigenvalue weighted by Gasteiger charge is -2.11. The number of ether oxygens (including phenoxy) is 2. The van der Waals surface area contributed by atoms with Crippen LogP contribution in [0.25, 0.3) is 0 Å². The van der Waals surface area contributed by atoms with Gasteiger partial charge in [0.05, 0.1) is 17.9 Å². The van der Waals surface area contributed by atoms with E-state index in [1.54, 1.807) is 43.4 Å². The number of hydrogen-bond acceptors (Lipinski definition) is 9. The van der Waals surface area contributed by atoms with E-state index in [1.807, 2.05) is 13.8 Å². The van der Waals surface area contributed by atoms with Gasteiger partial charge in [-0.1, -0.05) is 12.1 Å². The molecular formula is C19H29N7O4. The van der Waals surface area contributed by atoms with Crippen LogP contribution in [0, 0.1) is 0 Å². The molecule has 11 nitrogen and oxygen atoms in total. The highest BCUT2D eigenvalue weighted by molar-refractivity contribution is 5.91. The van der Waals surface area contributed by atoms with Crippen molar-refractivity contribution in [2.24, 2.45) is 0 Å². The highest BCUT2D eigenvalue weighted by atomic mass is 16.7. The molecule has 0 saturated heterocycles. The summed E-state index contributed by atoms with van der Waals surface area (Å²) < 4.78 is 9.96. The number of carbonyl (C=O) groups is 2. The number of amides is 2. The van der Waals surface area contributed by atoms with Crippen LogP contribution in [0.4, 0.5) is 27.8 Å². The minimum atomic E-state index is -0.510. The molecule has 0 aliphatic rings. The Bertz CT molecular complexity index is 830. The Kier molecular flexibility index (Phi) is 10.3. The Labute approximate surface area is 175 Å². The van der Waals surface area contributed by atoms with Crippen LogP contribution in [0.3, 0.4) is 0 Å². The monoisotopic (exact) mass is 419 g/mol. The van der Waals surface area contributed by atoms with E-state index in [9.17, 15) is 9.59 Å². The number of para-hydroxylation sites is 2. The van der Waals surface area contributed by atoms with Crippen LogP contribution in [0.15, 0.2) is 36.4 Å². The van der Waals surface area contributed by atoms with E-state index < -0.39 is 6.09 Å². The summed E-state index contributed by atoms with van der Waals surface area (Å²) in [7, 11) is 1.68. The maximum Gasteiger partial charge on any atom is 0.410 e. The van der Waals surface area contributed by atoms with Gasteiger partial charge < -0.3 is 42.6 Å². The maximum absolute atomic E-state index is 11.1. The number of likely N-dealkylation sites (N-methyl/N-ethyl adjacent to an activating group) is 1. The summed E-state index contributed by atoms with van der Waals surface area (Å²) in [6.07, 6.45) is -0.510. The highest BCUT2D eigenvalue weighted by Crippen LogP contribution is 2.19. The summed E-state index contributed by atoms with van der Waals surface area (Å²) in [6, 6.07) is 10.2. The van der Waals surface area contributed by atoms with E-state index in [-0.39, 0.29) is 31.1 Å². The minimum absolute atomic E-state index is 0.0364. The van der Waals surface area contributed by atoms with Crippen molar-refractivity contribution in [3.63, 3.8) is 0 Å². The molecule has 0 unspecified atom stereocenters.